The minimum Gasteiger partial charge on any atom is -0.380 e. The van der Waals surface area contributed by atoms with Gasteiger partial charge in [-0.2, -0.15) is 5.10 Å². The average molecular weight is 330 g/mol. The number of piperidine rings is 1. The number of likely N-dealkylation sites (tertiary alicyclic amines) is 1. The summed E-state index contributed by atoms with van der Waals surface area (Å²) in [5.41, 5.74) is 2.41. The first-order chi connectivity index (χ1) is 9.06. The first-order valence-corrected chi connectivity index (χ1v) is 7.81. The Kier molecular flexibility index (Phi) is 5.03. The Hall–Kier alpha value is -0.390. The molecule has 19 heavy (non-hydrogen) atoms. The summed E-state index contributed by atoms with van der Waals surface area (Å²) in [6.07, 6.45) is 2.52. The van der Waals surface area contributed by atoms with Crippen molar-refractivity contribution in [1.29, 1.82) is 0 Å². The Morgan fingerprint density at radius 3 is 2.79 bits per heavy atom. The summed E-state index contributed by atoms with van der Waals surface area (Å²) in [6.45, 7) is 7.51. The fraction of sp³-hybridized carbons (Fsp3) is 0.786. The molecule has 0 saturated carbocycles. The highest BCUT2D eigenvalue weighted by Gasteiger charge is 2.27. The molecule has 0 N–H and O–H groups in total. The Morgan fingerprint density at radius 1 is 1.47 bits per heavy atom. The maximum Gasteiger partial charge on any atom is 0.0767 e. The summed E-state index contributed by atoms with van der Waals surface area (Å²) in [4.78, 5) is 2.47. The maximum absolute atomic E-state index is 5.58. The van der Waals surface area contributed by atoms with Crippen LogP contribution in [0.15, 0.2) is 4.47 Å². The van der Waals surface area contributed by atoms with Crippen molar-refractivity contribution in [3.63, 3.8) is 0 Å². The molecule has 0 aromatic carbocycles. The van der Waals surface area contributed by atoms with Gasteiger partial charge in [0.15, 0.2) is 0 Å². The lowest BCUT2D eigenvalue weighted by Crippen LogP contribution is -2.43. The van der Waals surface area contributed by atoms with Crippen LogP contribution in [0.3, 0.4) is 0 Å². The maximum atomic E-state index is 5.58. The number of halogens is 1. The predicted octanol–water partition coefficient (Wildman–Crippen LogP) is 2.60. The lowest BCUT2D eigenvalue weighted by Gasteiger charge is -2.36. The fourth-order valence-electron chi connectivity index (χ4n) is 2.75. The molecule has 1 fully saturated rings. The zero-order chi connectivity index (χ0) is 14.0. The zero-order valence-corrected chi connectivity index (χ0v) is 13.9. The first kappa shape index (κ1) is 15.0. The highest BCUT2D eigenvalue weighted by Crippen LogP contribution is 2.26. The molecular weight excluding hydrogens is 306 g/mol. The topological polar surface area (TPSA) is 30.3 Å². The second-order valence-electron chi connectivity index (χ2n) is 5.46. The summed E-state index contributed by atoms with van der Waals surface area (Å²) >= 11 is 3.69. The third kappa shape index (κ3) is 3.20. The molecule has 0 aliphatic carbocycles. The quantitative estimate of drug-likeness (QED) is 0.850. The van der Waals surface area contributed by atoms with Gasteiger partial charge in [0, 0.05) is 27.2 Å². The van der Waals surface area contributed by atoms with Crippen LogP contribution in [0.4, 0.5) is 0 Å². The highest BCUT2D eigenvalue weighted by molar-refractivity contribution is 9.10. The average Bonchev–Trinajstić information content (AvgIpc) is 2.68. The smallest absolute Gasteiger partial charge is 0.0767 e. The van der Waals surface area contributed by atoms with Gasteiger partial charge in [-0.3, -0.25) is 9.58 Å². The lowest BCUT2D eigenvalue weighted by molar-refractivity contribution is -0.00814. The van der Waals surface area contributed by atoms with Gasteiger partial charge >= 0.3 is 0 Å². The molecule has 1 aromatic rings. The molecule has 2 atom stereocenters. The van der Waals surface area contributed by atoms with Crippen molar-refractivity contribution >= 4 is 15.9 Å². The van der Waals surface area contributed by atoms with Crippen LogP contribution < -0.4 is 0 Å². The monoisotopic (exact) mass is 329 g/mol. The molecule has 2 heterocycles. The standard InChI is InChI=1S/C14H24BrN3O/c1-5-11-14(15)12(17(3)16-11)8-18-7-6-10(2)13(9-18)19-4/h10,13H,5-9H2,1-4H3. The second kappa shape index (κ2) is 6.37. The summed E-state index contributed by atoms with van der Waals surface area (Å²) < 4.78 is 8.76. The van der Waals surface area contributed by atoms with Crippen molar-refractivity contribution in [2.45, 2.75) is 39.3 Å². The van der Waals surface area contributed by atoms with Crippen molar-refractivity contribution in [2.75, 3.05) is 20.2 Å². The molecule has 0 amide bonds. The van der Waals surface area contributed by atoms with E-state index in [1.807, 2.05) is 18.8 Å². The van der Waals surface area contributed by atoms with E-state index in [2.05, 4.69) is 39.8 Å². The van der Waals surface area contributed by atoms with E-state index >= 15 is 0 Å². The molecule has 1 aliphatic rings. The van der Waals surface area contributed by atoms with Gasteiger partial charge in [0.1, 0.15) is 0 Å². The number of hydrogen-bond donors (Lipinski definition) is 0. The number of aromatic nitrogens is 2. The van der Waals surface area contributed by atoms with E-state index in [0.717, 1.165) is 31.7 Å². The number of nitrogens with zero attached hydrogens (tertiary/aromatic N) is 3. The van der Waals surface area contributed by atoms with Gasteiger partial charge in [-0.1, -0.05) is 13.8 Å². The van der Waals surface area contributed by atoms with Crippen LogP contribution in [0.1, 0.15) is 31.7 Å². The fourth-order valence-corrected chi connectivity index (χ4v) is 3.49. The summed E-state index contributed by atoms with van der Waals surface area (Å²) in [5.74, 6) is 0.655. The largest absolute Gasteiger partial charge is 0.380 e. The van der Waals surface area contributed by atoms with E-state index in [-0.39, 0.29) is 0 Å². The van der Waals surface area contributed by atoms with Crippen LogP contribution in [0.25, 0.3) is 0 Å². The first-order valence-electron chi connectivity index (χ1n) is 7.02. The van der Waals surface area contributed by atoms with Crippen molar-refractivity contribution in [3.8, 4) is 0 Å². The molecule has 0 bridgehead atoms. The van der Waals surface area contributed by atoms with Crippen LogP contribution >= 0.6 is 15.9 Å². The van der Waals surface area contributed by atoms with Gasteiger partial charge in [0.25, 0.3) is 0 Å². The third-order valence-electron chi connectivity index (χ3n) is 4.15. The van der Waals surface area contributed by atoms with Gasteiger partial charge in [0.2, 0.25) is 0 Å². The Morgan fingerprint density at radius 2 is 2.21 bits per heavy atom. The lowest BCUT2D eigenvalue weighted by atomic mass is 9.96. The SMILES string of the molecule is CCc1nn(C)c(CN2CCC(C)C(OC)C2)c1Br. The van der Waals surface area contributed by atoms with E-state index in [1.165, 1.54) is 16.6 Å². The minimum absolute atomic E-state index is 0.353. The van der Waals surface area contributed by atoms with Crippen molar-refractivity contribution in [3.05, 3.63) is 15.9 Å². The van der Waals surface area contributed by atoms with Crippen LogP contribution in [0, 0.1) is 5.92 Å². The van der Waals surface area contributed by atoms with E-state index in [9.17, 15) is 0 Å². The van der Waals surface area contributed by atoms with Crippen LogP contribution in [0.5, 0.6) is 0 Å². The molecule has 5 heteroatoms. The van der Waals surface area contributed by atoms with Crippen molar-refractivity contribution < 1.29 is 4.74 Å². The van der Waals surface area contributed by atoms with Gasteiger partial charge in [0.05, 0.1) is 22.0 Å². The van der Waals surface area contributed by atoms with E-state index in [4.69, 9.17) is 4.74 Å². The Labute approximate surface area is 124 Å². The zero-order valence-electron chi connectivity index (χ0n) is 12.3. The van der Waals surface area contributed by atoms with Gasteiger partial charge in [-0.15, -0.1) is 0 Å². The van der Waals surface area contributed by atoms with Gasteiger partial charge in [-0.25, -0.2) is 0 Å². The number of aryl methyl sites for hydroxylation is 2. The summed E-state index contributed by atoms with van der Waals surface area (Å²) in [6, 6.07) is 0. The summed E-state index contributed by atoms with van der Waals surface area (Å²) in [5, 5.41) is 4.56. The van der Waals surface area contributed by atoms with Crippen molar-refractivity contribution in [2.24, 2.45) is 13.0 Å². The number of rotatable bonds is 4. The molecule has 2 rings (SSSR count). The Bertz CT molecular complexity index is 433. The molecule has 108 valence electrons. The van der Waals surface area contributed by atoms with E-state index in [0.29, 0.717) is 12.0 Å². The van der Waals surface area contributed by atoms with Crippen LogP contribution in [0.2, 0.25) is 0 Å². The van der Waals surface area contributed by atoms with Crippen LogP contribution in [-0.2, 0) is 24.8 Å². The normalized spacial score (nSPS) is 24.9. The van der Waals surface area contributed by atoms with Gasteiger partial charge < -0.3 is 4.74 Å². The van der Waals surface area contributed by atoms with Crippen molar-refractivity contribution in [1.82, 2.24) is 14.7 Å². The molecule has 0 spiro atoms. The van der Waals surface area contributed by atoms with Crippen LogP contribution in [-0.4, -0.2) is 41.0 Å². The number of ether oxygens (including phenoxy) is 1. The molecule has 4 nitrogen and oxygen atoms in total. The summed E-state index contributed by atoms with van der Waals surface area (Å²) in [7, 11) is 3.85. The van der Waals surface area contributed by atoms with Gasteiger partial charge in [-0.05, 0) is 41.2 Å². The van der Waals surface area contributed by atoms with E-state index < -0.39 is 0 Å². The van der Waals surface area contributed by atoms with E-state index in [1.54, 1.807) is 0 Å². The highest BCUT2D eigenvalue weighted by atomic mass is 79.9. The minimum atomic E-state index is 0.353. The number of hydrogen-bond acceptors (Lipinski definition) is 3. The third-order valence-corrected chi connectivity index (χ3v) is 5.07. The molecule has 2 unspecified atom stereocenters. The Balaban J connectivity index is 2.07. The molecular formula is C14H24BrN3O. The molecule has 1 aliphatic heterocycles. The molecule has 1 saturated heterocycles. The molecule has 1 aromatic heterocycles. The second-order valence-corrected chi connectivity index (χ2v) is 6.25. The predicted molar refractivity (Wildman–Crippen MR) is 80.1 cm³/mol. The molecule has 0 radical (unpaired) electrons. The number of methoxy groups -OCH3 is 1.